The van der Waals surface area contributed by atoms with E-state index in [4.69, 9.17) is 25.5 Å². The van der Waals surface area contributed by atoms with Crippen molar-refractivity contribution in [1.29, 1.82) is 0 Å². The van der Waals surface area contributed by atoms with Gasteiger partial charge in [-0.3, -0.25) is 4.79 Å². The lowest BCUT2D eigenvalue weighted by molar-refractivity contribution is 0.0929. The minimum absolute atomic E-state index is 0.192. The second-order valence-electron chi connectivity index (χ2n) is 7.83. The monoisotopic (exact) mass is 484 g/mol. The number of nitrogens with one attached hydrogen (secondary N) is 1. The van der Waals surface area contributed by atoms with Gasteiger partial charge in [-0.15, -0.1) is 0 Å². The number of carbonyl (C=O) groups excluding carboxylic acids is 1. The molecule has 0 fully saturated rings. The topological polar surface area (TPSA) is 73.1 Å². The summed E-state index contributed by atoms with van der Waals surface area (Å²) in [7, 11) is 1.57. The molecule has 4 aromatic carbocycles. The first-order chi connectivity index (χ1) is 17.1. The van der Waals surface area contributed by atoms with Crippen LogP contribution >= 0.6 is 11.6 Å². The molecule has 0 aliphatic carbocycles. The number of hydrazone groups is 1. The summed E-state index contributed by atoms with van der Waals surface area (Å²) in [5.74, 6) is 0.907. The Bertz CT molecular complexity index is 1540. The van der Waals surface area contributed by atoms with E-state index in [-0.39, 0.29) is 5.76 Å². The van der Waals surface area contributed by atoms with Crippen LogP contribution in [0.5, 0.6) is 11.5 Å². The van der Waals surface area contributed by atoms with Crippen molar-refractivity contribution in [1.82, 2.24) is 5.43 Å². The van der Waals surface area contributed by atoms with Crippen molar-refractivity contribution in [3.05, 3.63) is 107 Å². The molecule has 5 aromatic rings. The molecule has 0 spiro atoms. The molecule has 6 nitrogen and oxygen atoms in total. The van der Waals surface area contributed by atoms with Crippen molar-refractivity contribution in [3.63, 3.8) is 0 Å². The maximum atomic E-state index is 12.6. The highest BCUT2D eigenvalue weighted by Crippen LogP contribution is 2.29. The second-order valence-corrected chi connectivity index (χ2v) is 8.27. The van der Waals surface area contributed by atoms with E-state index in [0.29, 0.717) is 28.7 Å². The third kappa shape index (κ3) is 4.98. The van der Waals surface area contributed by atoms with Crippen molar-refractivity contribution in [2.24, 2.45) is 5.10 Å². The van der Waals surface area contributed by atoms with Crippen molar-refractivity contribution >= 4 is 45.5 Å². The molecule has 0 atom stereocenters. The number of amides is 1. The lowest BCUT2D eigenvalue weighted by Crippen LogP contribution is -2.16. The molecular formula is C28H21ClN2O4. The van der Waals surface area contributed by atoms with Crippen molar-refractivity contribution in [2.75, 3.05) is 7.11 Å². The van der Waals surface area contributed by atoms with Crippen LogP contribution in [0.25, 0.3) is 21.7 Å². The summed E-state index contributed by atoms with van der Waals surface area (Å²) in [5, 5.41) is 7.74. The van der Waals surface area contributed by atoms with E-state index in [0.717, 1.165) is 27.3 Å². The third-order valence-corrected chi connectivity index (χ3v) is 5.78. The van der Waals surface area contributed by atoms with Gasteiger partial charge >= 0.3 is 5.91 Å². The van der Waals surface area contributed by atoms with E-state index in [2.05, 4.69) is 10.5 Å². The first kappa shape index (κ1) is 22.5. The average molecular weight is 485 g/mol. The summed E-state index contributed by atoms with van der Waals surface area (Å²) >= 11 is 5.92. The molecule has 1 N–H and O–H groups in total. The molecule has 1 heterocycles. The molecule has 0 aliphatic rings. The van der Waals surface area contributed by atoms with Gasteiger partial charge in [0, 0.05) is 10.4 Å². The molecule has 0 saturated carbocycles. The average Bonchev–Trinajstić information content (AvgIpc) is 3.34. The van der Waals surface area contributed by atoms with Crippen molar-refractivity contribution in [3.8, 4) is 11.5 Å². The number of rotatable bonds is 7. The number of hydrogen-bond acceptors (Lipinski definition) is 5. The van der Waals surface area contributed by atoms with E-state index >= 15 is 0 Å². The molecule has 0 bridgehead atoms. The van der Waals surface area contributed by atoms with Crippen LogP contribution in [-0.4, -0.2) is 19.2 Å². The van der Waals surface area contributed by atoms with Crippen LogP contribution in [0, 0.1) is 0 Å². The zero-order valence-electron chi connectivity index (χ0n) is 18.8. The molecule has 35 heavy (non-hydrogen) atoms. The van der Waals surface area contributed by atoms with Gasteiger partial charge in [0.2, 0.25) is 0 Å². The number of benzene rings is 4. The highest BCUT2D eigenvalue weighted by Gasteiger charge is 2.13. The van der Waals surface area contributed by atoms with Gasteiger partial charge in [0.05, 0.1) is 13.3 Å². The number of hydrogen-bond donors (Lipinski definition) is 1. The van der Waals surface area contributed by atoms with Gasteiger partial charge in [0.25, 0.3) is 0 Å². The predicted octanol–water partition coefficient (Wildman–Crippen LogP) is 6.59. The van der Waals surface area contributed by atoms with E-state index in [1.54, 1.807) is 25.3 Å². The summed E-state index contributed by atoms with van der Waals surface area (Å²) < 4.78 is 17.1. The Morgan fingerprint density at radius 3 is 2.63 bits per heavy atom. The maximum absolute atomic E-state index is 12.6. The summed E-state index contributed by atoms with van der Waals surface area (Å²) in [6, 6.07) is 26.4. The highest BCUT2D eigenvalue weighted by molar-refractivity contribution is 6.30. The van der Waals surface area contributed by atoms with Crippen LogP contribution in [0.3, 0.4) is 0 Å². The fraction of sp³-hybridized carbons (Fsp3) is 0.0714. The molecule has 7 heteroatoms. The Balaban J connectivity index is 1.26. The molecule has 0 radical (unpaired) electrons. The minimum Gasteiger partial charge on any atom is -0.493 e. The summed E-state index contributed by atoms with van der Waals surface area (Å²) in [6.45, 7) is 0.379. The number of furan rings is 1. The second kappa shape index (κ2) is 9.91. The Morgan fingerprint density at radius 1 is 0.971 bits per heavy atom. The van der Waals surface area contributed by atoms with Gasteiger partial charge in [-0.25, -0.2) is 5.43 Å². The SMILES string of the molecule is COc1cc(/C=N/NC(=O)c2cc3c(ccc4ccccc43)o2)ccc1OCc1ccc(Cl)cc1. The Labute approximate surface area is 206 Å². The zero-order chi connectivity index (χ0) is 24.2. The van der Waals surface area contributed by atoms with Gasteiger partial charge in [0.1, 0.15) is 12.2 Å². The molecule has 1 aromatic heterocycles. The fourth-order valence-electron chi connectivity index (χ4n) is 3.75. The largest absolute Gasteiger partial charge is 0.493 e. The number of carbonyl (C=O) groups is 1. The van der Waals surface area contributed by atoms with Gasteiger partial charge in [-0.2, -0.15) is 5.10 Å². The first-order valence-corrected chi connectivity index (χ1v) is 11.3. The smallest absolute Gasteiger partial charge is 0.307 e. The molecule has 5 rings (SSSR count). The third-order valence-electron chi connectivity index (χ3n) is 5.52. The minimum atomic E-state index is -0.434. The quantitative estimate of drug-likeness (QED) is 0.209. The lowest BCUT2D eigenvalue weighted by Gasteiger charge is -2.11. The molecular weight excluding hydrogens is 464 g/mol. The van der Waals surface area contributed by atoms with E-state index < -0.39 is 5.91 Å². The molecule has 1 amide bonds. The Hall–Kier alpha value is -4.29. The lowest BCUT2D eigenvalue weighted by atomic mass is 10.1. The molecule has 0 unspecified atom stereocenters. The number of nitrogens with zero attached hydrogens (tertiary/aromatic N) is 1. The standard InChI is InChI=1S/C28H21ClN2O4/c1-33-26-14-19(8-12-25(26)34-17-18-6-10-21(29)11-7-18)16-30-31-28(32)27-15-23-22-5-3-2-4-20(22)9-13-24(23)35-27/h2-16H,17H2,1H3,(H,31,32)/b30-16+. The summed E-state index contributed by atoms with van der Waals surface area (Å²) in [5.41, 5.74) is 4.89. The van der Waals surface area contributed by atoms with Crippen molar-refractivity contribution in [2.45, 2.75) is 6.61 Å². The van der Waals surface area contributed by atoms with Gasteiger partial charge in [-0.1, -0.05) is 54.1 Å². The van der Waals surface area contributed by atoms with Crippen LogP contribution in [-0.2, 0) is 6.61 Å². The van der Waals surface area contributed by atoms with E-state index in [1.807, 2.05) is 66.7 Å². The van der Waals surface area contributed by atoms with E-state index in [9.17, 15) is 4.79 Å². The molecule has 0 aliphatic heterocycles. The Morgan fingerprint density at radius 2 is 1.80 bits per heavy atom. The number of halogens is 1. The van der Waals surface area contributed by atoms with Crippen LogP contribution in [0.2, 0.25) is 5.02 Å². The number of fused-ring (bicyclic) bond motifs is 3. The van der Waals surface area contributed by atoms with Gasteiger partial charge in [0.15, 0.2) is 17.3 Å². The first-order valence-electron chi connectivity index (χ1n) is 10.9. The summed E-state index contributed by atoms with van der Waals surface area (Å²) in [6.07, 6.45) is 1.53. The highest BCUT2D eigenvalue weighted by atomic mass is 35.5. The fourth-order valence-corrected chi connectivity index (χ4v) is 3.88. The van der Waals surface area contributed by atoms with Crippen LogP contribution in [0.1, 0.15) is 21.7 Å². The van der Waals surface area contributed by atoms with Crippen molar-refractivity contribution < 1.29 is 18.7 Å². The normalized spacial score (nSPS) is 11.3. The van der Waals surface area contributed by atoms with Gasteiger partial charge < -0.3 is 13.9 Å². The number of methoxy groups -OCH3 is 1. The Kier molecular flexibility index (Phi) is 6.37. The predicted molar refractivity (Wildman–Crippen MR) is 138 cm³/mol. The zero-order valence-corrected chi connectivity index (χ0v) is 19.6. The molecule has 0 saturated heterocycles. The molecule has 174 valence electrons. The van der Waals surface area contributed by atoms with Crippen LogP contribution in [0.4, 0.5) is 0 Å². The maximum Gasteiger partial charge on any atom is 0.307 e. The number of ether oxygens (including phenoxy) is 2. The van der Waals surface area contributed by atoms with Crippen LogP contribution < -0.4 is 14.9 Å². The van der Waals surface area contributed by atoms with Crippen LogP contribution in [0.15, 0.2) is 94.4 Å². The van der Waals surface area contributed by atoms with Gasteiger partial charge in [-0.05, 0) is 64.4 Å². The van der Waals surface area contributed by atoms with E-state index in [1.165, 1.54) is 6.21 Å². The summed E-state index contributed by atoms with van der Waals surface area (Å²) in [4.78, 5) is 12.6.